The molecule has 0 spiro atoms. The van der Waals surface area contributed by atoms with E-state index in [2.05, 4.69) is 5.32 Å². The lowest BCUT2D eigenvalue weighted by molar-refractivity contribution is -0.137. The largest absolute Gasteiger partial charge is 0.294 e. The average molecular weight is 253 g/mol. The molecule has 1 saturated heterocycles. The van der Waals surface area contributed by atoms with Gasteiger partial charge in [0.15, 0.2) is 0 Å². The van der Waals surface area contributed by atoms with Crippen molar-refractivity contribution in [2.75, 3.05) is 0 Å². The monoisotopic (exact) mass is 253 g/mol. The Hall–Kier alpha value is -2.66. The molecule has 0 bridgehead atoms. The molecule has 0 saturated carbocycles. The van der Waals surface area contributed by atoms with E-state index in [1.807, 2.05) is 31.2 Å². The standard InChI is InChI=1S/C14H11N3O2/c1-8-4-2-3-5-9(8)12-10(6-15)13(18)17-14(19)11(12)7-16/h2-5,10-12H,1H3,(H,17,18,19). The van der Waals surface area contributed by atoms with E-state index >= 15 is 0 Å². The fourth-order valence-corrected chi connectivity index (χ4v) is 2.39. The summed E-state index contributed by atoms with van der Waals surface area (Å²) in [5, 5.41) is 20.4. The van der Waals surface area contributed by atoms with E-state index in [9.17, 15) is 9.59 Å². The van der Waals surface area contributed by atoms with Crippen molar-refractivity contribution in [3.05, 3.63) is 35.4 Å². The topological polar surface area (TPSA) is 93.8 Å². The molecule has 0 aromatic heterocycles. The van der Waals surface area contributed by atoms with Gasteiger partial charge >= 0.3 is 0 Å². The maximum atomic E-state index is 11.7. The molecular weight excluding hydrogens is 242 g/mol. The van der Waals surface area contributed by atoms with Crippen LogP contribution in [0.1, 0.15) is 17.0 Å². The van der Waals surface area contributed by atoms with E-state index in [0.29, 0.717) is 5.56 Å². The molecule has 1 fully saturated rings. The molecule has 5 heteroatoms. The minimum absolute atomic E-state index is 0.632. The van der Waals surface area contributed by atoms with E-state index in [1.165, 1.54) is 0 Å². The van der Waals surface area contributed by atoms with Crippen molar-refractivity contribution in [1.82, 2.24) is 5.32 Å². The molecule has 1 aliphatic heterocycles. The molecule has 1 aliphatic rings. The summed E-state index contributed by atoms with van der Waals surface area (Å²) in [6, 6.07) is 11.0. The number of rotatable bonds is 1. The molecule has 1 aromatic rings. The van der Waals surface area contributed by atoms with E-state index in [0.717, 1.165) is 5.56 Å². The van der Waals surface area contributed by atoms with Gasteiger partial charge in [0.1, 0.15) is 11.8 Å². The second-order valence-electron chi connectivity index (χ2n) is 4.45. The van der Waals surface area contributed by atoms with Crippen molar-refractivity contribution in [2.45, 2.75) is 12.8 Å². The van der Waals surface area contributed by atoms with Gasteiger partial charge in [-0.05, 0) is 18.1 Å². The summed E-state index contributed by atoms with van der Waals surface area (Å²) in [6.07, 6.45) is 0. The molecule has 1 N–H and O–H groups in total. The van der Waals surface area contributed by atoms with Gasteiger partial charge in [-0.25, -0.2) is 0 Å². The second kappa shape index (κ2) is 4.91. The maximum absolute atomic E-state index is 11.7. The number of hydrogen-bond donors (Lipinski definition) is 1. The Morgan fingerprint density at radius 3 is 2.05 bits per heavy atom. The van der Waals surface area contributed by atoms with Crippen molar-refractivity contribution >= 4 is 11.8 Å². The van der Waals surface area contributed by atoms with Crippen LogP contribution in [0.15, 0.2) is 24.3 Å². The highest BCUT2D eigenvalue weighted by atomic mass is 16.2. The van der Waals surface area contributed by atoms with Gasteiger partial charge in [0.05, 0.1) is 12.1 Å². The molecule has 1 heterocycles. The average Bonchev–Trinajstić information content (AvgIpc) is 2.38. The number of hydrogen-bond acceptors (Lipinski definition) is 4. The van der Waals surface area contributed by atoms with E-state index in [-0.39, 0.29) is 0 Å². The minimum Gasteiger partial charge on any atom is -0.294 e. The Balaban J connectivity index is 2.57. The van der Waals surface area contributed by atoms with Crippen molar-refractivity contribution in [3.8, 4) is 12.1 Å². The van der Waals surface area contributed by atoms with Crippen molar-refractivity contribution in [3.63, 3.8) is 0 Å². The van der Waals surface area contributed by atoms with Gasteiger partial charge < -0.3 is 0 Å². The predicted octanol–water partition coefficient (Wildman–Crippen LogP) is 1.01. The maximum Gasteiger partial charge on any atom is 0.244 e. The van der Waals surface area contributed by atoms with Crippen molar-refractivity contribution in [1.29, 1.82) is 10.5 Å². The molecule has 2 atom stereocenters. The summed E-state index contributed by atoms with van der Waals surface area (Å²) in [5.41, 5.74) is 1.55. The first-order chi connectivity index (χ1) is 9.10. The lowest BCUT2D eigenvalue weighted by Gasteiger charge is -2.30. The normalized spacial score (nSPS) is 26.2. The number of nitrogens with one attached hydrogen (secondary N) is 1. The molecule has 2 unspecified atom stereocenters. The first-order valence-corrected chi connectivity index (χ1v) is 5.79. The lowest BCUT2D eigenvalue weighted by atomic mass is 9.73. The third-order valence-corrected chi connectivity index (χ3v) is 3.36. The zero-order valence-electron chi connectivity index (χ0n) is 10.3. The van der Waals surface area contributed by atoms with Gasteiger partial charge in [0, 0.05) is 5.92 Å². The van der Waals surface area contributed by atoms with Crippen molar-refractivity contribution in [2.24, 2.45) is 11.8 Å². The number of aryl methyl sites for hydroxylation is 1. The fourth-order valence-electron chi connectivity index (χ4n) is 2.39. The number of amides is 2. The van der Waals surface area contributed by atoms with Crippen LogP contribution in [0.5, 0.6) is 0 Å². The smallest absolute Gasteiger partial charge is 0.244 e. The Morgan fingerprint density at radius 2 is 1.58 bits per heavy atom. The minimum atomic E-state index is -1.02. The SMILES string of the molecule is Cc1ccccc1C1C(C#N)C(=O)NC(=O)C1C#N. The van der Waals surface area contributed by atoms with Crippen LogP contribution in [0.3, 0.4) is 0 Å². The Kier molecular flexibility index (Phi) is 3.31. The van der Waals surface area contributed by atoms with Crippen LogP contribution >= 0.6 is 0 Å². The van der Waals surface area contributed by atoms with Crippen molar-refractivity contribution < 1.29 is 9.59 Å². The Bertz CT molecular complexity index is 592. The highest BCUT2D eigenvalue weighted by Gasteiger charge is 2.45. The van der Waals surface area contributed by atoms with Gasteiger partial charge in [0.25, 0.3) is 0 Å². The van der Waals surface area contributed by atoms with E-state index in [4.69, 9.17) is 10.5 Å². The number of benzene rings is 1. The third kappa shape index (κ3) is 2.07. The quantitative estimate of drug-likeness (QED) is 0.756. The zero-order valence-corrected chi connectivity index (χ0v) is 10.3. The molecule has 1 aromatic carbocycles. The van der Waals surface area contributed by atoms with Gasteiger partial charge in [0.2, 0.25) is 11.8 Å². The van der Waals surface area contributed by atoms with Gasteiger partial charge in [-0.2, -0.15) is 10.5 Å². The fraction of sp³-hybridized carbons (Fsp3) is 0.286. The van der Waals surface area contributed by atoms with E-state index in [1.54, 1.807) is 12.1 Å². The van der Waals surface area contributed by atoms with Crippen LogP contribution in [0.2, 0.25) is 0 Å². The van der Waals surface area contributed by atoms with Crippen LogP contribution in [0, 0.1) is 41.4 Å². The number of nitriles is 2. The molecule has 5 nitrogen and oxygen atoms in total. The summed E-state index contributed by atoms with van der Waals surface area (Å²) in [5.74, 6) is -4.02. The first-order valence-electron chi connectivity index (χ1n) is 5.79. The predicted molar refractivity (Wildman–Crippen MR) is 65.3 cm³/mol. The van der Waals surface area contributed by atoms with Gasteiger partial charge in [-0.3, -0.25) is 14.9 Å². The third-order valence-electron chi connectivity index (χ3n) is 3.36. The summed E-state index contributed by atoms with van der Waals surface area (Å²) < 4.78 is 0. The van der Waals surface area contributed by atoms with Gasteiger partial charge in [-0.1, -0.05) is 24.3 Å². The summed E-state index contributed by atoms with van der Waals surface area (Å²) in [4.78, 5) is 23.5. The second-order valence-corrected chi connectivity index (χ2v) is 4.45. The Morgan fingerprint density at radius 1 is 1.05 bits per heavy atom. The lowest BCUT2D eigenvalue weighted by Crippen LogP contribution is -2.50. The number of carbonyl (C=O) groups is 2. The number of imide groups is 1. The number of carbonyl (C=O) groups excluding carboxylic acids is 2. The Labute approximate surface area is 110 Å². The van der Waals surface area contributed by atoms with Crippen LogP contribution in [-0.4, -0.2) is 11.8 Å². The highest BCUT2D eigenvalue weighted by molar-refractivity contribution is 6.03. The van der Waals surface area contributed by atoms with E-state index < -0.39 is 29.6 Å². The summed E-state index contributed by atoms with van der Waals surface area (Å²) in [6.45, 7) is 1.83. The van der Waals surface area contributed by atoms with Crippen LogP contribution in [0.25, 0.3) is 0 Å². The number of piperidine rings is 1. The molecule has 2 amide bonds. The molecule has 0 aliphatic carbocycles. The zero-order chi connectivity index (χ0) is 14.0. The molecule has 19 heavy (non-hydrogen) atoms. The molecule has 0 radical (unpaired) electrons. The molecule has 94 valence electrons. The summed E-state index contributed by atoms with van der Waals surface area (Å²) in [7, 11) is 0. The van der Waals surface area contributed by atoms with Crippen LogP contribution in [0.4, 0.5) is 0 Å². The molecular formula is C14H11N3O2. The molecule has 2 rings (SSSR count). The first kappa shape index (κ1) is 12.8. The highest BCUT2D eigenvalue weighted by Crippen LogP contribution is 2.36. The van der Waals surface area contributed by atoms with Crippen LogP contribution < -0.4 is 5.32 Å². The van der Waals surface area contributed by atoms with Crippen LogP contribution in [-0.2, 0) is 9.59 Å². The summed E-state index contributed by atoms with van der Waals surface area (Å²) >= 11 is 0. The van der Waals surface area contributed by atoms with Gasteiger partial charge in [-0.15, -0.1) is 0 Å². The number of nitrogens with zero attached hydrogens (tertiary/aromatic N) is 2.